The summed E-state index contributed by atoms with van der Waals surface area (Å²) in [6.07, 6.45) is -0.0352. The topological polar surface area (TPSA) is 93.1 Å². The molecule has 2 amide bonds. The molecule has 1 aliphatic rings. The van der Waals surface area contributed by atoms with Crippen molar-refractivity contribution in [3.63, 3.8) is 0 Å². The van der Waals surface area contributed by atoms with E-state index in [1.54, 1.807) is 13.8 Å². The summed E-state index contributed by atoms with van der Waals surface area (Å²) in [5.74, 6) is -1.73. The lowest BCUT2D eigenvalue weighted by Crippen LogP contribution is -2.34. The number of imide groups is 1. The Labute approximate surface area is 117 Å². The van der Waals surface area contributed by atoms with Gasteiger partial charge in [-0.25, -0.2) is 0 Å². The van der Waals surface area contributed by atoms with E-state index >= 15 is 0 Å². The van der Waals surface area contributed by atoms with Crippen molar-refractivity contribution in [3.8, 4) is 0 Å². The Hall–Kier alpha value is -1.47. The maximum Gasteiger partial charge on any atom is 0.305 e. The second kappa shape index (κ2) is 7.96. The first-order valence-corrected chi connectivity index (χ1v) is 6.67. The van der Waals surface area contributed by atoms with Crippen molar-refractivity contribution in [3.05, 3.63) is 0 Å². The second-order valence-corrected chi connectivity index (χ2v) is 4.77. The largest absolute Gasteiger partial charge is 0.481 e. The summed E-state index contributed by atoms with van der Waals surface area (Å²) in [7, 11) is 0. The molecule has 2 unspecified atom stereocenters. The zero-order chi connectivity index (χ0) is 15.1. The molecule has 7 heteroatoms. The van der Waals surface area contributed by atoms with Gasteiger partial charge in [0.1, 0.15) is 0 Å². The van der Waals surface area contributed by atoms with Crippen LogP contribution in [0.1, 0.15) is 20.3 Å². The Balaban J connectivity index is 2.08. The van der Waals surface area contributed by atoms with Crippen LogP contribution in [0.4, 0.5) is 0 Å². The van der Waals surface area contributed by atoms with Gasteiger partial charge in [0, 0.05) is 11.8 Å². The fourth-order valence-corrected chi connectivity index (χ4v) is 1.89. The zero-order valence-electron chi connectivity index (χ0n) is 11.8. The fourth-order valence-electron chi connectivity index (χ4n) is 1.89. The first-order chi connectivity index (χ1) is 9.45. The molecule has 1 fully saturated rings. The first kappa shape index (κ1) is 16.6. The molecule has 1 rings (SSSR count). The molecule has 1 heterocycles. The third-order valence-electron chi connectivity index (χ3n) is 3.35. The standard InChI is InChI=1S/C13H21NO6/c1-9-10(2)13(18)14(12(9)17)4-6-20-8-7-19-5-3-11(15)16/h9-10H,3-8H2,1-2H3,(H,15,16). The van der Waals surface area contributed by atoms with Crippen LogP contribution in [0.2, 0.25) is 0 Å². The van der Waals surface area contributed by atoms with E-state index in [4.69, 9.17) is 14.6 Å². The van der Waals surface area contributed by atoms with E-state index in [0.29, 0.717) is 13.2 Å². The molecule has 1 saturated heterocycles. The molecule has 0 spiro atoms. The second-order valence-electron chi connectivity index (χ2n) is 4.77. The lowest BCUT2D eigenvalue weighted by molar-refractivity contribution is -0.140. The van der Waals surface area contributed by atoms with Gasteiger partial charge in [-0.05, 0) is 0 Å². The van der Waals surface area contributed by atoms with E-state index in [2.05, 4.69) is 0 Å². The molecule has 7 nitrogen and oxygen atoms in total. The number of hydrogen-bond acceptors (Lipinski definition) is 5. The molecule has 0 bridgehead atoms. The average molecular weight is 287 g/mol. The van der Waals surface area contributed by atoms with E-state index in [1.807, 2.05) is 0 Å². The summed E-state index contributed by atoms with van der Waals surface area (Å²) < 4.78 is 10.3. The van der Waals surface area contributed by atoms with Gasteiger partial charge in [0.25, 0.3) is 0 Å². The Morgan fingerprint density at radius 1 is 1.05 bits per heavy atom. The lowest BCUT2D eigenvalue weighted by atomic mass is 10.00. The molecule has 0 radical (unpaired) electrons. The van der Waals surface area contributed by atoms with E-state index in [1.165, 1.54) is 4.90 Å². The van der Waals surface area contributed by atoms with Gasteiger partial charge in [-0.15, -0.1) is 0 Å². The predicted molar refractivity (Wildman–Crippen MR) is 68.9 cm³/mol. The Kier molecular flexibility index (Phi) is 6.60. The highest BCUT2D eigenvalue weighted by Crippen LogP contribution is 2.24. The zero-order valence-corrected chi connectivity index (χ0v) is 11.8. The quantitative estimate of drug-likeness (QED) is 0.479. The molecular formula is C13H21NO6. The van der Waals surface area contributed by atoms with Gasteiger partial charge in [0.05, 0.1) is 39.4 Å². The molecule has 1 aliphatic heterocycles. The maximum atomic E-state index is 11.8. The number of carbonyl (C=O) groups is 3. The smallest absolute Gasteiger partial charge is 0.305 e. The summed E-state index contributed by atoms with van der Waals surface area (Å²) >= 11 is 0. The molecule has 1 N–H and O–H groups in total. The van der Waals surface area contributed by atoms with Crippen LogP contribution in [0.15, 0.2) is 0 Å². The fraction of sp³-hybridized carbons (Fsp3) is 0.769. The minimum absolute atomic E-state index is 0.0352. The summed E-state index contributed by atoms with van der Waals surface area (Å²) in [6.45, 7) is 4.77. The number of ether oxygens (including phenoxy) is 2. The van der Waals surface area contributed by atoms with Crippen LogP contribution in [0, 0.1) is 11.8 Å². The van der Waals surface area contributed by atoms with E-state index in [-0.39, 0.29) is 49.8 Å². The van der Waals surface area contributed by atoms with Gasteiger partial charge in [0.15, 0.2) is 0 Å². The molecule has 0 aliphatic carbocycles. The first-order valence-electron chi connectivity index (χ1n) is 6.67. The van der Waals surface area contributed by atoms with Crippen LogP contribution >= 0.6 is 0 Å². The molecule has 0 aromatic heterocycles. The van der Waals surface area contributed by atoms with E-state index in [0.717, 1.165) is 0 Å². The minimum Gasteiger partial charge on any atom is -0.481 e. The number of likely N-dealkylation sites (tertiary alicyclic amines) is 1. The van der Waals surface area contributed by atoms with Crippen molar-refractivity contribution < 1.29 is 29.0 Å². The van der Waals surface area contributed by atoms with Gasteiger partial charge in [-0.1, -0.05) is 13.8 Å². The summed E-state index contributed by atoms with van der Waals surface area (Å²) in [4.78, 5) is 35.0. The van der Waals surface area contributed by atoms with Crippen LogP contribution < -0.4 is 0 Å². The van der Waals surface area contributed by atoms with Crippen molar-refractivity contribution in [2.24, 2.45) is 11.8 Å². The highest BCUT2D eigenvalue weighted by Gasteiger charge is 2.41. The van der Waals surface area contributed by atoms with E-state index < -0.39 is 5.97 Å². The van der Waals surface area contributed by atoms with Gasteiger partial charge in [-0.3, -0.25) is 19.3 Å². The SMILES string of the molecule is CC1C(=O)N(CCOCCOCCC(=O)O)C(=O)C1C. The molecule has 0 aromatic rings. The Morgan fingerprint density at radius 2 is 1.55 bits per heavy atom. The number of rotatable bonds is 9. The number of amides is 2. The highest BCUT2D eigenvalue weighted by molar-refractivity contribution is 6.04. The monoisotopic (exact) mass is 287 g/mol. The van der Waals surface area contributed by atoms with Crippen LogP contribution in [0.25, 0.3) is 0 Å². The van der Waals surface area contributed by atoms with Gasteiger partial charge < -0.3 is 14.6 Å². The van der Waals surface area contributed by atoms with Gasteiger partial charge in [-0.2, -0.15) is 0 Å². The lowest BCUT2D eigenvalue weighted by Gasteiger charge is -2.14. The minimum atomic E-state index is -0.903. The molecular weight excluding hydrogens is 266 g/mol. The predicted octanol–water partition coefficient (Wildman–Crippen LogP) is 0.135. The number of aliphatic carboxylic acids is 1. The van der Waals surface area contributed by atoms with Crippen molar-refractivity contribution in [1.82, 2.24) is 4.90 Å². The molecule has 114 valence electrons. The van der Waals surface area contributed by atoms with Crippen molar-refractivity contribution in [1.29, 1.82) is 0 Å². The number of carboxylic acids is 1. The van der Waals surface area contributed by atoms with Gasteiger partial charge >= 0.3 is 5.97 Å². The van der Waals surface area contributed by atoms with Crippen molar-refractivity contribution >= 4 is 17.8 Å². The van der Waals surface area contributed by atoms with Crippen molar-refractivity contribution in [2.75, 3.05) is 33.0 Å². The highest BCUT2D eigenvalue weighted by atomic mass is 16.5. The third-order valence-corrected chi connectivity index (χ3v) is 3.35. The summed E-state index contributed by atoms with van der Waals surface area (Å²) in [5.41, 5.74) is 0. The normalized spacial score (nSPS) is 22.6. The average Bonchev–Trinajstić information content (AvgIpc) is 2.58. The number of nitrogens with zero attached hydrogens (tertiary/aromatic N) is 1. The molecule has 20 heavy (non-hydrogen) atoms. The number of carboxylic acid groups (broad SMARTS) is 1. The molecule has 0 saturated carbocycles. The van der Waals surface area contributed by atoms with Crippen molar-refractivity contribution in [2.45, 2.75) is 20.3 Å². The maximum absolute atomic E-state index is 11.8. The molecule has 2 atom stereocenters. The summed E-state index contributed by atoms with van der Waals surface area (Å²) in [6, 6.07) is 0. The van der Waals surface area contributed by atoms with Crippen LogP contribution in [-0.2, 0) is 23.9 Å². The van der Waals surface area contributed by atoms with Gasteiger partial charge in [0.2, 0.25) is 11.8 Å². The Morgan fingerprint density at radius 3 is 2.05 bits per heavy atom. The van der Waals surface area contributed by atoms with Crippen LogP contribution in [0.5, 0.6) is 0 Å². The number of hydrogen-bond donors (Lipinski definition) is 1. The van der Waals surface area contributed by atoms with Crippen LogP contribution in [0.3, 0.4) is 0 Å². The third kappa shape index (κ3) is 4.57. The Bertz CT molecular complexity index is 350. The summed E-state index contributed by atoms with van der Waals surface area (Å²) in [5, 5.41) is 8.39. The number of carbonyl (C=O) groups excluding carboxylic acids is 2. The molecule has 0 aromatic carbocycles. The van der Waals surface area contributed by atoms with Crippen LogP contribution in [-0.4, -0.2) is 60.8 Å². The van der Waals surface area contributed by atoms with E-state index in [9.17, 15) is 14.4 Å².